The molecular formula is C16H14F2N2S. The van der Waals surface area contributed by atoms with E-state index in [9.17, 15) is 8.78 Å². The van der Waals surface area contributed by atoms with Gasteiger partial charge in [-0.3, -0.25) is 5.84 Å². The van der Waals surface area contributed by atoms with Gasteiger partial charge in [-0.25, -0.2) is 14.2 Å². The number of hydrogen-bond donors (Lipinski definition) is 2. The predicted octanol–water partition coefficient (Wildman–Crippen LogP) is 4.04. The van der Waals surface area contributed by atoms with Crippen LogP contribution in [0.25, 0.3) is 10.1 Å². The van der Waals surface area contributed by atoms with Gasteiger partial charge in [0.1, 0.15) is 11.6 Å². The lowest BCUT2D eigenvalue weighted by atomic mass is 10.0. The highest BCUT2D eigenvalue weighted by Gasteiger charge is 2.16. The fourth-order valence-electron chi connectivity index (χ4n) is 2.36. The minimum atomic E-state index is -0.259. The van der Waals surface area contributed by atoms with Gasteiger partial charge < -0.3 is 0 Å². The minimum absolute atomic E-state index is 0.243. The zero-order valence-electron chi connectivity index (χ0n) is 11.4. The number of aryl methyl sites for hydroxylation is 1. The van der Waals surface area contributed by atoms with E-state index in [1.807, 2.05) is 6.07 Å². The molecule has 0 aliphatic heterocycles. The summed E-state index contributed by atoms with van der Waals surface area (Å²) in [4.78, 5) is 0.962. The molecule has 0 bridgehead atoms. The lowest BCUT2D eigenvalue weighted by Crippen LogP contribution is -2.28. The number of thiophene rings is 1. The molecule has 0 aliphatic carbocycles. The van der Waals surface area contributed by atoms with Crippen molar-refractivity contribution >= 4 is 21.4 Å². The molecule has 0 radical (unpaired) electrons. The van der Waals surface area contributed by atoms with E-state index in [1.54, 1.807) is 25.1 Å². The van der Waals surface area contributed by atoms with Gasteiger partial charge in [0.05, 0.1) is 6.04 Å². The van der Waals surface area contributed by atoms with E-state index in [2.05, 4.69) is 5.43 Å². The largest absolute Gasteiger partial charge is 0.271 e. The van der Waals surface area contributed by atoms with Crippen molar-refractivity contribution in [3.8, 4) is 0 Å². The molecule has 1 atom stereocenters. The van der Waals surface area contributed by atoms with Crippen LogP contribution >= 0.6 is 11.3 Å². The number of nitrogens with two attached hydrogens (primary N) is 1. The third-order valence-corrected chi connectivity index (χ3v) is 4.63. The maximum absolute atomic E-state index is 13.4. The average Bonchev–Trinajstić information content (AvgIpc) is 2.86. The Morgan fingerprint density at radius 3 is 2.62 bits per heavy atom. The summed E-state index contributed by atoms with van der Waals surface area (Å²) in [6.45, 7) is 1.71. The predicted molar refractivity (Wildman–Crippen MR) is 82.1 cm³/mol. The second-order valence-corrected chi connectivity index (χ2v) is 6.05. The van der Waals surface area contributed by atoms with Gasteiger partial charge in [-0.1, -0.05) is 18.2 Å². The molecule has 3 rings (SSSR count). The molecule has 0 saturated carbocycles. The van der Waals surface area contributed by atoms with Crippen LogP contribution in [-0.4, -0.2) is 0 Å². The first kappa shape index (κ1) is 14.1. The quantitative estimate of drug-likeness (QED) is 0.566. The molecule has 3 aromatic rings. The highest BCUT2D eigenvalue weighted by Crippen LogP contribution is 2.33. The van der Waals surface area contributed by atoms with Crippen LogP contribution in [0.15, 0.2) is 42.5 Å². The molecule has 0 aliphatic rings. The number of hydrazine groups is 1. The molecule has 2 aromatic carbocycles. The van der Waals surface area contributed by atoms with E-state index in [1.165, 1.54) is 29.5 Å². The van der Waals surface area contributed by atoms with Crippen molar-refractivity contribution in [1.82, 2.24) is 5.43 Å². The van der Waals surface area contributed by atoms with Gasteiger partial charge >= 0.3 is 0 Å². The van der Waals surface area contributed by atoms with E-state index in [-0.39, 0.29) is 17.7 Å². The first-order valence-electron chi connectivity index (χ1n) is 6.49. The summed E-state index contributed by atoms with van der Waals surface area (Å²) in [6.07, 6.45) is 0. The van der Waals surface area contributed by atoms with Crippen molar-refractivity contribution < 1.29 is 8.78 Å². The molecule has 108 valence electrons. The van der Waals surface area contributed by atoms with Crippen molar-refractivity contribution in [1.29, 1.82) is 0 Å². The number of benzene rings is 2. The number of fused-ring (bicyclic) bond motifs is 1. The monoisotopic (exact) mass is 304 g/mol. The standard InChI is InChI=1S/C16H14F2N2S/c1-9-6-11(3-5-13(9)18)16(20-19)15-7-10-2-4-12(17)8-14(10)21-15/h2-8,16,20H,19H2,1H3. The zero-order valence-corrected chi connectivity index (χ0v) is 12.2. The van der Waals surface area contributed by atoms with Gasteiger partial charge in [-0.05, 0) is 47.7 Å². The van der Waals surface area contributed by atoms with Gasteiger partial charge in [-0.15, -0.1) is 11.3 Å². The van der Waals surface area contributed by atoms with Crippen molar-refractivity contribution in [3.63, 3.8) is 0 Å². The molecule has 0 fully saturated rings. The Hall–Kier alpha value is -1.82. The van der Waals surface area contributed by atoms with Crippen LogP contribution in [0.1, 0.15) is 22.0 Å². The average molecular weight is 304 g/mol. The Labute approximate surface area is 125 Å². The SMILES string of the molecule is Cc1cc(C(NN)c2cc3ccc(F)cc3s2)ccc1F. The maximum Gasteiger partial charge on any atom is 0.126 e. The number of rotatable bonds is 3. The molecular weight excluding hydrogens is 290 g/mol. The molecule has 1 heterocycles. The number of halogens is 2. The smallest absolute Gasteiger partial charge is 0.126 e. The maximum atomic E-state index is 13.4. The fraction of sp³-hybridized carbons (Fsp3) is 0.125. The first-order chi connectivity index (χ1) is 10.1. The molecule has 21 heavy (non-hydrogen) atoms. The Balaban J connectivity index is 2.06. The van der Waals surface area contributed by atoms with Gasteiger partial charge in [-0.2, -0.15) is 0 Å². The van der Waals surface area contributed by atoms with Crippen LogP contribution in [0.5, 0.6) is 0 Å². The summed E-state index contributed by atoms with van der Waals surface area (Å²) in [7, 11) is 0. The third kappa shape index (κ3) is 2.68. The van der Waals surface area contributed by atoms with E-state index in [0.29, 0.717) is 5.56 Å². The Morgan fingerprint density at radius 2 is 1.90 bits per heavy atom. The summed E-state index contributed by atoms with van der Waals surface area (Å²) in [5.41, 5.74) is 4.20. The van der Waals surface area contributed by atoms with Gasteiger partial charge in [0.15, 0.2) is 0 Å². The van der Waals surface area contributed by atoms with Crippen molar-refractivity contribution in [2.24, 2.45) is 5.84 Å². The van der Waals surface area contributed by atoms with Gasteiger partial charge in [0, 0.05) is 9.58 Å². The minimum Gasteiger partial charge on any atom is -0.271 e. The highest BCUT2D eigenvalue weighted by molar-refractivity contribution is 7.19. The highest BCUT2D eigenvalue weighted by atomic mass is 32.1. The number of nitrogens with one attached hydrogen (secondary N) is 1. The van der Waals surface area contributed by atoms with Crippen LogP contribution in [0.4, 0.5) is 8.78 Å². The van der Waals surface area contributed by atoms with E-state index < -0.39 is 0 Å². The van der Waals surface area contributed by atoms with Crippen LogP contribution in [0, 0.1) is 18.6 Å². The van der Waals surface area contributed by atoms with E-state index >= 15 is 0 Å². The molecule has 0 spiro atoms. The van der Waals surface area contributed by atoms with Crippen LogP contribution in [0.2, 0.25) is 0 Å². The molecule has 3 N–H and O–H groups in total. The molecule has 2 nitrogen and oxygen atoms in total. The molecule has 0 amide bonds. The normalized spacial score (nSPS) is 12.8. The molecule has 1 unspecified atom stereocenters. The molecule has 5 heteroatoms. The summed E-state index contributed by atoms with van der Waals surface area (Å²) in [5.74, 6) is 5.16. The second kappa shape index (κ2) is 5.52. The summed E-state index contributed by atoms with van der Waals surface area (Å²) >= 11 is 1.47. The summed E-state index contributed by atoms with van der Waals surface area (Å²) in [5, 5.41) is 0.968. The van der Waals surface area contributed by atoms with E-state index in [0.717, 1.165) is 20.5 Å². The zero-order chi connectivity index (χ0) is 15.0. The summed E-state index contributed by atoms with van der Waals surface area (Å²) < 4.78 is 27.5. The van der Waals surface area contributed by atoms with Gasteiger partial charge in [0.2, 0.25) is 0 Å². The molecule has 1 aromatic heterocycles. The van der Waals surface area contributed by atoms with Gasteiger partial charge in [0.25, 0.3) is 0 Å². The van der Waals surface area contributed by atoms with Crippen molar-refractivity contribution in [2.75, 3.05) is 0 Å². The van der Waals surface area contributed by atoms with Crippen molar-refractivity contribution in [2.45, 2.75) is 13.0 Å². The van der Waals surface area contributed by atoms with Crippen molar-refractivity contribution in [3.05, 3.63) is 70.1 Å². The fourth-order valence-corrected chi connectivity index (χ4v) is 3.54. The van der Waals surface area contributed by atoms with Crippen LogP contribution in [0.3, 0.4) is 0 Å². The Kier molecular flexibility index (Phi) is 3.71. The summed E-state index contributed by atoms with van der Waals surface area (Å²) in [6, 6.07) is 11.3. The third-order valence-electron chi connectivity index (χ3n) is 3.47. The van der Waals surface area contributed by atoms with Crippen LogP contribution < -0.4 is 11.3 Å². The second-order valence-electron chi connectivity index (χ2n) is 4.94. The lowest BCUT2D eigenvalue weighted by molar-refractivity contribution is 0.610. The molecule has 0 saturated heterocycles. The van der Waals surface area contributed by atoms with E-state index in [4.69, 9.17) is 5.84 Å². The lowest BCUT2D eigenvalue weighted by Gasteiger charge is -2.15. The van der Waals surface area contributed by atoms with Crippen LogP contribution in [-0.2, 0) is 0 Å². The first-order valence-corrected chi connectivity index (χ1v) is 7.31. The topological polar surface area (TPSA) is 38.0 Å². The number of hydrogen-bond acceptors (Lipinski definition) is 3. The Morgan fingerprint density at radius 1 is 1.10 bits per heavy atom. The Bertz CT molecular complexity index is 798.